The summed E-state index contributed by atoms with van der Waals surface area (Å²) in [5, 5.41) is 11.0. The Bertz CT molecular complexity index is 1070. The quantitative estimate of drug-likeness (QED) is 0.381. The van der Waals surface area contributed by atoms with Crippen LogP contribution in [0.1, 0.15) is 40.1 Å². The van der Waals surface area contributed by atoms with Crippen LogP contribution >= 0.6 is 0 Å². The number of non-ortho nitro benzene ring substituents is 1. The zero-order chi connectivity index (χ0) is 23.7. The summed E-state index contributed by atoms with van der Waals surface area (Å²) >= 11 is 0. The highest BCUT2D eigenvalue weighted by Gasteiger charge is 2.45. The fourth-order valence-electron chi connectivity index (χ4n) is 4.49. The molecule has 2 aromatic carbocycles. The molecule has 2 aliphatic rings. The average molecular weight is 450 g/mol. The molecule has 1 unspecified atom stereocenters. The van der Waals surface area contributed by atoms with E-state index >= 15 is 0 Å². The molecule has 2 aliphatic heterocycles. The van der Waals surface area contributed by atoms with Gasteiger partial charge in [0.25, 0.3) is 17.5 Å². The number of nitro groups is 1. The van der Waals surface area contributed by atoms with Crippen LogP contribution in [0.3, 0.4) is 0 Å². The summed E-state index contributed by atoms with van der Waals surface area (Å²) in [6.07, 6.45) is 0. The summed E-state index contributed by atoms with van der Waals surface area (Å²) in [7, 11) is 0. The topological polar surface area (TPSA) is 104 Å². The fourth-order valence-corrected chi connectivity index (χ4v) is 4.49. The smallest absolute Gasteiger partial charge is 0.269 e. The SMILES string of the molecule is CC(C)C(C(=O)N1CCN(Cc2cccc([N+](=O)[O-])c2)CC1)N1C(=O)c2ccccc2C1=O. The Morgan fingerprint density at radius 3 is 2.12 bits per heavy atom. The zero-order valence-corrected chi connectivity index (χ0v) is 18.6. The summed E-state index contributed by atoms with van der Waals surface area (Å²) in [5.74, 6) is -1.31. The minimum Gasteiger partial charge on any atom is -0.338 e. The normalized spacial score (nSPS) is 17.4. The number of nitrogens with zero attached hydrogens (tertiary/aromatic N) is 4. The van der Waals surface area contributed by atoms with Crippen LogP contribution in [0.2, 0.25) is 0 Å². The van der Waals surface area contributed by atoms with E-state index in [1.165, 1.54) is 6.07 Å². The third kappa shape index (κ3) is 4.36. The van der Waals surface area contributed by atoms with E-state index in [4.69, 9.17) is 0 Å². The third-order valence-corrected chi connectivity index (χ3v) is 6.20. The lowest BCUT2D eigenvalue weighted by Gasteiger charge is -2.38. The van der Waals surface area contributed by atoms with E-state index in [2.05, 4.69) is 4.90 Å². The molecule has 33 heavy (non-hydrogen) atoms. The lowest BCUT2D eigenvalue weighted by molar-refractivity contribution is -0.384. The van der Waals surface area contributed by atoms with Gasteiger partial charge in [0.1, 0.15) is 6.04 Å². The highest BCUT2D eigenvalue weighted by molar-refractivity contribution is 6.22. The number of hydrogen-bond acceptors (Lipinski definition) is 6. The number of carbonyl (C=O) groups excluding carboxylic acids is 3. The standard InChI is InChI=1S/C24H26N4O5/c1-16(2)21(27-22(29)19-8-3-4-9-20(19)23(27)30)24(31)26-12-10-25(11-13-26)15-17-6-5-7-18(14-17)28(32)33/h3-9,14,16,21H,10-13,15H2,1-2H3. The number of piperazine rings is 1. The fraction of sp³-hybridized carbons (Fsp3) is 0.375. The van der Waals surface area contributed by atoms with E-state index < -0.39 is 22.8 Å². The molecule has 9 heteroatoms. The Balaban J connectivity index is 1.43. The number of benzene rings is 2. The molecule has 172 valence electrons. The van der Waals surface area contributed by atoms with Gasteiger partial charge in [-0.05, 0) is 23.6 Å². The van der Waals surface area contributed by atoms with Crippen molar-refractivity contribution in [3.63, 3.8) is 0 Å². The van der Waals surface area contributed by atoms with Gasteiger partial charge in [-0.15, -0.1) is 0 Å². The van der Waals surface area contributed by atoms with Crippen molar-refractivity contribution >= 4 is 23.4 Å². The number of hydrogen-bond donors (Lipinski definition) is 0. The molecule has 0 spiro atoms. The van der Waals surface area contributed by atoms with Gasteiger partial charge in [0, 0.05) is 44.9 Å². The number of nitro benzene ring substituents is 1. The molecule has 2 heterocycles. The van der Waals surface area contributed by atoms with Gasteiger partial charge in [-0.25, -0.2) is 0 Å². The van der Waals surface area contributed by atoms with E-state index in [0.29, 0.717) is 43.9 Å². The average Bonchev–Trinajstić information content (AvgIpc) is 3.05. The largest absolute Gasteiger partial charge is 0.338 e. The second kappa shape index (κ2) is 9.11. The predicted octanol–water partition coefficient (Wildman–Crippen LogP) is 2.56. The molecule has 0 bridgehead atoms. The van der Waals surface area contributed by atoms with E-state index in [0.717, 1.165) is 10.5 Å². The monoisotopic (exact) mass is 450 g/mol. The molecule has 0 aliphatic carbocycles. The molecule has 0 aromatic heterocycles. The van der Waals surface area contributed by atoms with Gasteiger partial charge in [-0.1, -0.05) is 38.1 Å². The Morgan fingerprint density at radius 2 is 1.58 bits per heavy atom. The first-order chi connectivity index (χ1) is 15.8. The first-order valence-corrected chi connectivity index (χ1v) is 11.0. The van der Waals surface area contributed by atoms with Crippen LogP contribution in [0.4, 0.5) is 5.69 Å². The molecule has 4 rings (SSSR count). The van der Waals surface area contributed by atoms with Crippen molar-refractivity contribution in [1.82, 2.24) is 14.7 Å². The number of carbonyl (C=O) groups is 3. The van der Waals surface area contributed by atoms with Crippen LogP contribution in [0, 0.1) is 16.0 Å². The Kier molecular flexibility index (Phi) is 6.24. The van der Waals surface area contributed by atoms with E-state index in [-0.39, 0.29) is 17.5 Å². The number of fused-ring (bicyclic) bond motifs is 1. The highest BCUT2D eigenvalue weighted by Crippen LogP contribution is 2.28. The molecule has 0 saturated carbocycles. The van der Waals surface area contributed by atoms with Gasteiger partial charge in [0.15, 0.2) is 0 Å². The minimum absolute atomic E-state index is 0.0574. The van der Waals surface area contributed by atoms with Crippen LogP contribution in [0.25, 0.3) is 0 Å². The Hall–Kier alpha value is -3.59. The number of imide groups is 1. The molecular weight excluding hydrogens is 424 g/mol. The van der Waals surface area contributed by atoms with Crippen molar-refractivity contribution in [2.75, 3.05) is 26.2 Å². The first kappa shape index (κ1) is 22.6. The van der Waals surface area contributed by atoms with Gasteiger partial charge >= 0.3 is 0 Å². The van der Waals surface area contributed by atoms with Crippen molar-refractivity contribution in [3.8, 4) is 0 Å². The molecule has 2 aromatic rings. The second-order valence-electron chi connectivity index (χ2n) is 8.74. The Labute approximate surface area is 191 Å². The minimum atomic E-state index is -0.860. The molecule has 0 N–H and O–H groups in total. The van der Waals surface area contributed by atoms with Crippen LogP contribution in [-0.2, 0) is 11.3 Å². The molecule has 1 saturated heterocycles. The van der Waals surface area contributed by atoms with Crippen molar-refractivity contribution in [2.45, 2.75) is 26.4 Å². The maximum Gasteiger partial charge on any atom is 0.269 e. The summed E-state index contributed by atoms with van der Waals surface area (Å²) in [6.45, 7) is 6.34. The maximum absolute atomic E-state index is 13.4. The second-order valence-corrected chi connectivity index (χ2v) is 8.74. The van der Waals surface area contributed by atoms with Crippen LogP contribution in [0.15, 0.2) is 48.5 Å². The van der Waals surface area contributed by atoms with E-state index in [9.17, 15) is 24.5 Å². The molecular formula is C24H26N4O5. The van der Waals surface area contributed by atoms with Crippen molar-refractivity contribution in [2.24, 2.45) is 5.92 Å². The van der Waals surface area contributed by atoms with Gasteiger partial charge in [-0.2, -0.15) is 0 Å². The summed E-state index contributed by atoms with van der Waals surface area (Å²) < 4.78 is 0. The van der Waals surface area contributed by atoms with Crippen molar-refractivity contribution < 1.29 is 19.3 Å². The first-order valence-electron chi connectivity index (χ1n) is 11.0. The van der Waals surface area contributed by atoms with Gasteiger partial charge in [0.2, 0.25) is 5.91 Å². The van der Waals surface area contributed by atoms with Gasteiger partial charge in [0.05, 0.1) is 16.1 Å². The molecule has 9 nitrogen and oxygen atoms in total. The molecule has 0 radical (unpaired) electrons. The Morgan fingerprint density at radius 1 is 0.970 bits per heavy atom. The molecule has 1 fully saturated rings. The van der Waals surface area contributed by atoms with Crippen LogP contribution in [0.5, 0.6) is 0 Å². The summed E-state index contributed by atoms with van der Waals surface area (Å²) in [4.78, 5) is 54.9. The van der Waals surface area contributed by atoms with Gasteiger partial charge < -0.3 is 4.90 Å². The molecule has 3 amide bonds. The van der Waals surface area contributed by atoms with Crippen molar-refractivity contribution in [3.05, 3.63) is 75.3 Å². The van der Waals surface area contributed by atoms with E-state index in [1.807, 2.05) is 19.9 Å². The highest BCUT2D eigenvalue weighted by atomic mass is 16.6. The zero-order valence-electron chi connectivity index (χ0n) is 18.6. The van der Waals surface area contributed by atoms with Crippen molar-refractivity contribution in [1.29, 1.82) is 0 Å². The third-order valence-electron chi connectivity index (χ3n) is 6.20. The predicted molar refractivity (Wildman–Crippen MR) is 121 cm³/mol. The summed E-state index contributed by atoms with van der Waals surface area (Å²) in [6, 6.07) is 12.3. The van der Waals surface area contributed by atoms with E-state index in [1.54, 1.807) is 41.3 Å². The van der Waals surface area contributed by atoms with Crippen LogP contribution in [-0.4, -0.2) is 69.6 Å². The molecule has 1 atom stereocenters. The summed E-state index contributed by atoms with van der Waals surface area (Å²) in [5.41, 5.74) is 1.57. The van der Waals surface area contributed by atoms with Crippen LogP contribution < -0.4 is 0 Å². The lowest BCUT2D eigenvalue weighted by Crippen LogP contribution is -2.57. The number of amides is 3. The maximum atomic E-state index is 13.4. The van der Waals surface area contributed by atoms with Gasteiger partial charge in [-0.3, -0.25) is 34.3 Å². The lowest BCUT2D eigenvalue weighted by atomic mass is 10.0. The number of rotatable bonds is 6.